The summed E-state index contributed by atoms with van der Waals surface area (Å²) in [4.78, 5) is 11.1. The maximum absolute atomic E-state index is 5.59. The topological polar surface area (TPSA) is 61.8 Å². The van der Waals surface area contributed by atoms with E-state index in [0.717, 1.165) is 54.4 Å². The van der Waals surface area contributed by atoms with Crippen molar-refractivity contribution < 1.29 is 4.74 Å². The second-order valence-electron chi connectivity index (χ2n) is 7.69. The van der Waals surface area contributed by atoms with E-state index in [1.807, 2.05) is 25.1 Å². The Morgan fingerprint density at radius 3 is 2.83 bits per heavy atom. The predicted molar refractivity (Wildman–Crippen MR) is 124 cm³/mol. The predicted octanol–water partition coefficient (Wildman–Crippen LogP) is 3.14. The SMILES string of the molecule is CN=C(NCCc1ccc2c(c1)CCO2)NCc1cc(N(C)C)nc2ccccc12. The van der Waals surface area contributed by atoms with Gasteiger partial charge in [-0.05, 0) is 41.3 Å². The van der Waals surface area contributed by atoms with Crippen LogP contribution in [0.3, 0.4) is 0 Å². The zero-order valence-corrected chi connectivity index (χ0v) is 17.9. The number of anilines is 1. The molecule has 0 fully saturated rings. The molecule has 2 N–H and O–H groups in total. The third-order valence-corrected chi connectivity index (χ3v) is 5.38. The summed E-state index contributed by atoms with van der Waals surface area (Å²) in [5.74, 6) is 2.78. The lowest BCUT2D eigenvalue weighted by Gasteiger charge is -2.17. The molecule has 0 saturated carbocycles. The van der Waals surface area contributed by atoms with Crippen LogP contribution in [-0.2, 0) is 19.4 Å². The summed E-state index contributed by atoms with van der Waals surface area (Å²) in [6.07, 6.45) is 1.95. The third-order valence-electron chi connectivity index (χ3n) is 5.38. The van der Waals surface area contributed by atoms with Crippen LogP contribution in [0.4, 0.5) is 5.82 Å². The average Bonchev–Trinajstić information content (AvgIpc) is 3.23. The van der Waals surface area contributed by atoms with Gasteiger partial charge in [0, 0.05) is 46.0 Å². The molecule has 0 unspecified atom stereocenters. The number of para-hydroxylation sites is 1. The maximum atomic E-state index is 5.59. The smallest absolute Gasteiger partial charge is 0.191 e. The Labute approximate surface area is 178 Å². The van der Waals surface area contributed by atoms with Gasteiger partial charge in [-0.15, -0.1) is 0 Å². The highest BCUT2D eigenvalue weighted by Crippen LogP contribution is 2.26. The number of hydrogen-bond acceptors (Lipinski definition) is 4. The van der Waals surface area contributed by atoms with Crippen LogP contribution in [0.25, 0.3) is 10.9 Å². The molecule has 1 aliphatic rings. The van der Waals surface area contributed by atoms with Crippen molar-refractivity contribution in [3.63, 3.8) is 0 Å². The quantitative estimate of drug-likeness (QED) is 0.489. The summed E-state index contributed by atoms with van der Waals surface area (Å²) < 4.78 is 5.59. The van der Waals surface area contributed by atoms with Crippen LogP contribution in [-0.4, -0.2) is 45.2 Å². The first kappa shape index (κ1) is 20.0. The molecule has 2 aromatic carbocycles. The van der Waals surface area contributed by atoms with Crippen molar-refractivity contribution in [3.05, 3.63) is 65.2 Å². The molecule has 4 rings (SSSR count). The number of rotatable bonds is 6. The average molecular weight is 404 g/mol. The van der Waals surface area contributed by atoms with Gasteiger partial charge in [-0.2, -0.15) is 0 Å². The number of guanidine groups is 1. The van der Waals surface area contributed by atoms with Crippen molar-refractivity contribution in [1.82, 2.24) is 15.6 Å². The number of pyridine rings is 1. The Morgan fingerprint density at radius 1 is 1.13 bits per heavy atom. The second kappa shape index (κ2) is 9.03. The van der Waals surface area contributed by atoms with Crippen molar-refractivity contribution >= 4 is 22.7 Å². The minimum atomic E-state index is 0.680. The van der Waals surface area contributed by atoms with Crippen LogP contribution >= 0.6 is 0 Å². The molecule has 6 nitrogen and oxygen atoms in total. The molecule has 0 bridgehead atoms. The molecule has 156 valence electrons. The monoisotopic (exact) mass is 403 g/mol. The van der Waals surface area contributed by atoms with Gasteiger partial charge >= 0.3 is 0 Å². The Bertz CT molecular complexity index is 1060. The molecule has 1 aliphatic heterocycles. The number of benzene rings is 2. The highest BCUT2D eigenvalue weighted by atomic mass is 16.5. The van der Waals surface area contributed by atoms with E-state index < -0.39 is 0 Å². The molecule has 0 spiro atoms. The van der Waals surface area contributed by atoms with Crippen molar-refractivity contribution in [2.75, 3.05) is 39.2 Å². The van der Waals surface area contributed by atoms with Gasteiger partial charge < -0.3 is 20.3 Å². The molecule has 0 amide bonds. The molecular formula is C24H29N5O. The fraction of sp³-hybridized carbons (Fsp3) is 0.333. The number of fused-ring (bicyclic) bond motifs is 2. The largest absolute Gasteiger partial charge is 0.493 e. The Balaban J connectivity index is 1.38. The fourth-order valence-corrected chi connectivity index (χ4v) is 3.73. The van der Waals surface area contributed by atoms with Gasteiger partial charge in [-0.3, -0.25) is 4.99 Å². The summed E-state index contributed by atoms with van der Waals surface area (Å²) in [6, 6.07) is 16.9. The van der Waals surface area contributed by atoms with Gasteiger partial charge in [0.05, 0.1) is 12.1 Å². The Hall–Kier alpha value is -3.28. The lowest BCUT2D eigenvalue weighted by Crippen LogP contribution is -2.38. The second-order valence-corrected chi connectivity index (χ2v) is 7.69. The van der Waals surface area contributed by atoms with Crippen molar-refractivity contribution in [2.45, 2.75) is 19.4 Å². The normalized spacial score (nSPS) is 13.1. The Kier molecular flexibility index (Phi) is 6.02. The van der Waals surface area contributed by atoms with Crippen LogP contribution in [0.15, 0.2) is 53.5 Å². The van der Waals surface area contributed by atoms with E-state index in [1.165, 1.54) is 16.7 Å². The molecule has 6 heteroatoms. The summed E-state index contributed by atoms with van der Waals surface area (Å²) in [6.45, 7) is 2.30. The third kappa shape index (κ3) is 4.48. The van der Waals surface area contributed by atoms with E-state index in [9.17, 15) is 0 Å². The van der Waals surface area contributed by atoms with Gasteiger partial charge in [0.1, 0.15) is 11.6 Å². The van der Waals surface area contributed by atoms with E-state index in [2.05, 4.69) is 58.1 Å². The van der Waals surface area contributed by atoms with Gasteiger partial charge in [0.25, 0.3) is 0 Å². The van der Waals surface area contributed by atoms with Crippen LogP contribution in [0.5, 0.6) is 5.75 Å². The molecular weight excluding hydrogens is 374 g/mol. The molecule has 0 aliphatic carbocycles. The van der Waals surface area contributed by atoms with Gasteiger partial charge in [0.15, 0.2) is 5.96 Å². The number of nitrogens with zero attached hydrogens (tertiary/aromatic N) is 3. The standard InChI is InChI=1S/C24H29N5O/c1-25-24(26-12-10-17-8-9-22-18(14-17)11-13-30-22)27-16-19-15-23(29(2)3)28-21-7-5-4-6-20(19)21/h4-9,14-15H,10-13,16H2,1-3H3,(H2,25,26,27). The fourth-order valence-electron chi connectivity index (χ4n) is 3.73. The van der Waals surface area contributed by atoms with Gasteiger partial charge in [0.2, 0.25) is 0 Å². The zero-order chi connectivity index (χ0) is 20.9. The van der Waals surface area contributed by atoms with E-state index >= 15 is 0 Å². The molecule has 30 heavy (non-hydrogen) atoms. The van der Waals surface area contributed by atoms with Crippen LogP contribution in [0, 0.1) is 0 Å². The van der Waals surface area contributed by atoms with E-state index in [-0.39, 0.29) is 0 Å². The first-order valence-corrected chi connectivity index (χ1v) is 10.4. The summed E-state index contributed by atoms with van der Waals surface area (Å²) in [5.41, 5.74) is 4.84. The van der Waals surface area contributed by atoms with Crippen molar-refractivity contribution in [2.24, 2.45) is 4.99 Å². The first-order chi connectivity index (χ1) is 14.6. The summed E-state index contributed by atoms with van der Waals surface area (Å²) >= 11 is 0. The van der Waals surface area contributed by atoms with Crippen LogP contribution < -0.4 is 20.3 Å². The highest BCUT2D eigenvalue weighted by molar-refractivity contribution is 5.85. The first-order valence-electron chi connectivity index (χ1n) is 10.4. The zero-order valence-electron chi connectivity index (χ0n) is 17.9. The molecule has 0 radical (unpaired) electrons. The molecule has 3 aromatic rings. The molecule has 2 heterocycles. The molecule has 1 aromatic heterocycles. The van der Waals surface area contributed by atoms with Crippen LogP contribution in [0.2, 0.25) is 0 Å². The minimum absolute atomic E-state index is 0.680. The van der Waals surface area contributed by atoms with Crippen molar-refractivity contribution in [1.29, 1.82) is 0 Å². The number of ether oxygens (including phenoxy) is 1. The highest BCUT2D eigenvalue weighted by Gasteiger charge is 2.12. The number of hydrogen-bond donors (Lipinski definition) is 2. The molecule has 0 saturated heterocycles. The number of aromatic nitrogens is 1. The van der Waals surface area contributed by atoms with Crippen LogP contribution in [0.1, 0.15) is 16.7 Å². The molecule has 0 atom stereocenters. The van der Waals surface area contributed by atoms with Gasteiger partial charge in [-0.1, -0.05) is 30.3 Å². The maximum Gasteiger partial charge on any atom is 0.191 e. The van der Waals surface area contributed by atoms with Crippen molar-refractivity contribution in [3.8, 4) is 5.75 Å². The van der Waals surface area contributed by atoms with E-state index in [1.54, 1.807) is 7.05 Å². The summed E-state index contributed by atoms with van der Waals surface area (Å²) in [5, 5.41) is 8.03. The number of aliphatic imine (C=N–C) groups is 1. The summed E-state index contributed by atoms with van der Waals surface area (Å²) in [7, 11) is 5.83. The Morgan fingerprint density at radius 2 is 2.00 bits per heavy atom. The minimum Gasteiger partial charge on any atom is -0.493 e. The van der Waals surface area contributed by atoms with E-state index in [0.29, 0.717) is 6.54 Å². The van der Waals surface area contributed by atoms with E-state index in [4.69, 9.17) is 9.72 Å². The lowest BCUT2D eigenvalue weighted by atomic mass is 10.1. The lowest BCUT2D eigenvalue weighted by molar-refractivity contribution is 0.357. The van der Waals surface area contributed by atoms with Gasteiger partial charge in [-0.25, -0.2) is 4.98 Å². The number of nitrogens with one attached hydrogen (secondary N) is 2.